The fourth-order valence-corrected chi connectivity index (χ4v) is 2.46. The lowest BCUT2D eigenvalue weighted by Crippen LogP contribution is -2.08. The molecular weight excluding hydrogens is 276 g/mol. The van der Waals surface area contributed by atoms with E-state index in [9.17, 15) is 4.79 Å². The number of aromatic nitrogens is 1. The molecule has 5 nitrogen and oxygen atoms in total. The Labute approximate surface area is 121 Å². The highest BCUT2D eigenvalue weighted by Gasteiger charge is 2.19. The van der Waals surface area contributed by atoms with Gasteiger partial charge in [-0.15, -0.1) is 0 Å². The Hall–Kier alpha value is -2.08. The molecule has 0 radical (unpaired) electrons. The van der Waals surface area contributed by atoms with Crippen molar-refractivity contribution in [1.29, 1.82) is 0 Å². The molecule has 6 heteroatoms. The molecule has 1 aromatic heterocycles. The fraction of sp³-hybridized carbons (Fsp3) is 0.286. The van der Waals surface area contributed by atoms with Crippen LogP contribution in [0.4, 0.5) is 5.00 Å². The molecule has 2 rings (SSSR count). The van der Waals surface area contributed by atoms with E-state index in [4.69, 9.17) is 9.47 Å². The minimum atomic E-state index is -0.364. The van der Waals surface area contributed by atoms with Crippen molar-refractivity contribution >= 4 is 22.5 Å². The van der Waals surface area contributed by atoms with E-state index in [-0.39, 0.29) is 12.6 Å². The molecule has 2 aromatic rings. The van der Waals surface area contributed by atoms with E-state index in [0.29, 0.717) is 11.3 Å². The van der Waals surface area contributed by atoms with Crippen LogP contribution in [-0.2, 0) is 11.3 Å². The summed E-state index contributed by atoms with van der Waals surface area (Å²) in [4.78, 5) is 12.1. The van der Waals surface area contributed by atoms with Crippen LogP contribution in [0.5, 0.6) is 5.75 Å². The third-order valence-corrected chi connectivity index (χ3v) is 3.78. The molecule has 0 bridgehead atoms. The van der Waals surface area contributed by atoms with E-state index in [1.54, 1.807) is 21.1 Å². The maximum absolute atomic E-state index is 12.1. The Morgan fingerprint density at radius 3 is 2.65 bits per heavy atom. The summed E-state index contributed by atoms with van der Waals surface area (Å²) in [5.74, 6) is 0.409. The van der Waals surface area contributed by atoms with Crippen LogP contribution >= 0.6 is 11.5 Å². The highest BCUT2D eigenvalue weighted by Crippen LogP contribution is 2.25. The number of rotatable bonds is 5. The molecule has 1 N–H and O–H groups in total. The molecule has 0 aliphatic heterocycles. The highest BCUT2D eigenvalue weighted by atomic mass is 32.1. The monoisotopic (exact) mass is 292 g/mol. The van der Waals surface area contributed by atoms with Gasteiger partial charge in [-0.3, -0.25) is 0 Å². The van der Waals surface area contributed by atoms with Crippen molar-refractivity contribution in [1.82, 2.24) is 4.37 Å². The van der Waals surface area contributed by atoms with E-state index < -0.39 is 0 Å². The van der Waals surface area contributed by atoms with Gasteiger partial charge in [0.2, 0.25) is 0 Å². The van der Waals surface area contributed by atoms with Gasteiger partial charge in [0.25, 0.3) is 0 Å². The quantitative estimate of drug-likeness (QED) is 0.859. The second-order valence-electron chi connectivity index (χ2n) is 4.15. The second-order valence-corrected chi connectivity index (χ2v) is 4.92. The van der Waals surface area contributed by atoms with Crippen LogP contribution in [0, 0.1) is 6.92 Å². The van der Waals surface area contributed by atoms with Crippen LogP contribution < -0.4 is 10.1 Å². The number of nitrogens with one attached hydrogen (secondary N) is 1. The molecule has 0 fully saturated rings. The molecular formula is C14H16N2O3S. The smallest absolute Gasteiger partial charge is 0.343 e. The van der Waals surface area contributed by atoms with Crippen molar-refractivity contribution < 1.29 is 14.3 Å². The average Bonchev–Trinajstić information content (AvgIpc) is 2.86. The van der Waals surface area contributed by atoms with Gasteiger partial charge in [-0.1, -0.05) is 12.1 Å². The van der Waals surface area contributed by atoms with Gasteiger partial charge < -0.3 is 14.8 Å². The van der Waals surface area contributed by atoms with Gasteiger partial charge in [-0.25, -0.2) is 4.79 Å². The number of carbonyl (C=O) groups excluding carboxylic acids is 1. The molecule has 0 spiro atoms. The molecule has 0 amide bonds. The third-order valence-electron chi connectivity index (χ3n) is 2.82. The SMILES string of the molecule is CNc1snc(C)c1C(=O)OCc1ccc(OC)cc1. The van der Waals surface area contributed by atoms with E-state index in [1.807, 2.05) is 24.3 Å². The van der Waals surface area contributed by atoms with E-state index in [2.05, 4.69) is 9.69 Å². The number of carbonyl (C=O) groups is 1. The summed E-state index contributed by atoms with van der Waals surface area (Å²) in [6, 6.07) is 7.40. The predicted molar refractivity (Wildman–Crippen MR) is 78.5 cm³/mol. The van der Waals surface area contributed by atoms with Crippen molar-refractivity contribution in [3.05, 3.63) is 41.1 Å². The van der Waals surface area contributed by atoms with Crippen LogP contribution in [0.3, 0.4) is 0 Å². The summed E-state index contributed by atoms with van der Waals surface area (Å²) in [7, 11) is 3.37. The Kier molecular flexibility index (Phi) is 4.57. The summed E-state index contributed by atoms with van der Waals surface area (Å²) in [5.41, 5.74) is 2.09. The first-order chi connectivity index (χ1) is 9.65. The van der Waals surface area contributed by atoms with Gasteiger partial charge >= 0.3 is 5.97 Å². The van der Waals surface area contributed by atoms with Crippen molar-refractivity contribution in [2.75, 3.05) is 19.5 Å². The van der Waals surface area contributed by atoms with E-state index in [1.165, 1.54) is 11.5 Å². The van der Waals surface area contributed by atoms with Gasteiger partial charge in [-0.2, -0.15) is 4.37 Å². The zero-order chi connectivity index (χ0) is 14.5. The summed E-state index contributed by atoms with van der Waals surface area (Å²) in [5, 5.41) is 3.67. The van der Waals surface area contributed by atoms with Crippen LogP contribution in [0.15, 0.2) is 24.3 Å². The Bertz CT molecular complexity index is 593. The van der Waals surface area contributed by atoms with Crippen LogP contribution in [0.1, 0.15) is 21.6 Å². The maximum atomic E-state index is 12.1. The van der Waals surface area contributed by atoms with Gasteiger partial charge in [0.1, 0.15) is 22.9 Å². The first kappa shape index (κ1) is 14.3. The summed E-state index contributed by atoms with van der Waals surface area (Å²) < 4.78 is 14.5. The normalized spacial score (nSPS) is 10.2. The topological polar surface area (TPSA) is 60.5 Å². The molecule has 0 aliphatic rings. The van der Waals surface area contributed by atoms with Crippen molar-refractivity contribution in [3.63, 3.8) is 0 Å². The van der Waals surface area contributed by atoms with Crippen molar-refractivity contribution in [3.8, 4) is 5.75 Å². The van der Waals surface area contributed by atoms with E-state index in [0.717, 1.165) is 16.3 Å². The van der Waals surface area contributed by atoms with Crippen molar-refractivity contribution in [2.24, 2.45) is 0 Å². The zero-order valence-corrected chi connectivity index (χ0v) is 12.4. The number of esters is 1. The minimum absolute atomic E-state index is 0.223. The van der Waals surface area contributed by atoms with Gasteiger partial charge in [-0.05, 0) is 36.2 Å². The van der Waals surface area contributed by atoms with Crippen LogP contribution in [-0.4, -0.2) is 24.5 Å². The number of benzene rings is 1. The lowest BCUT2D eigenvalue weighted by molar-refractivity contribution is 0.0473. The zero-order valence-electron chi connectivity index (χ0n) is 11.6. The van der Waals surface area contributed by atoms with Gasteiger partial charge in [0, 0.05) is 7.05 Å². The third kappa shape index (κ3) is 3.08. The number of methoxy groups -OCH3 is 1. The highest BCUT2D eigenvalue weighted by molar-refractivity contribution is 7.10. The number of hydrogen-bond acceptors (Lipinski definition) is 6. The lowest BCUT2D eigenvalue weighted by Gasteiger charge is -2.07. The Morgan fingerprint density at radius 1 is 1.35 bits per heavy atom. The lowest BCUT2D eigenvalue weighted by atomic mass is 10.2. The molecule has 20 heavy (non-hydrogen) atoms. The first-order valence-electron chi connectivity index (χ1n) is 6.09. The number of aryl methyl sites for hydroxylation is 1. The second kappa shape index (κ2) is 6.38. The minimum Gasteiger partial charge on any atom is -0.497 e. The van der Waals surface area contributed by atoms with Crippen LogP contribution in [0.2, 0.25) is 0 Å². The average molecular weight is 292 g/mol. The maximum Gasteiger partial charge on any atom is 0.343 e. The van der Waals surface area contributed by atoms with Crippen molar-refractivity contribution in [2.45, 2.75) is 13.5 Å². The molecule has 0 unspecified atom stereocenters. The summed E-state index contributed by atoms with van der Waals surface area (Å²) in [6.45, 7) is 2.02. The largest absolute Gasteiger partial charge is 0.497 e. The molecule has 0 atom stereocenters. The predicted octanol–water partition coefficient (Wildman–Crippen LogP) is 2.86. The molecule has 1 heterocycles. The first-order valence-corrected chi connectivity index (χ1v) is 6.87. The summed E-state index contributed by atoms with van der Waals surface area (Å²) >= 11 is 1.25. The molecule has 0 saturated heterocycles. The summed E-state index contributed by atoms with van der Waals surface area (Å²) in [6.07, 6.45) is 0. The fourth-order valence-electron chi connectivity index (χ4n) is 1.72. The van der Waals surface area contributed by atoms with E-state index >= 15 is 0 Å². The molecule has 0 saturated carbocycles. The number of hydrogen-bond donors (Lipinski definition) is 1. The standard InChI is InChI=1S/C14H16N2O3S/c1-9-12(13(15-2)20-16-9)14(17)19-8-10-4-6-11(18-3)7-5-10/h4-7,15H,8H2,1-3H3. The Morgan fingerprint density at radius 2 is 2.05 bits per heavy atom. The number of ether oxygens (including phenoxy) is 2. The van der Waals surface area contributed by atoms with Gasteiger partial charge in [0.15, 0.2) is 0 Å². The van der Waals surface area contributed by atoms with Crippen LogP contribution in [0.25, 0.3) is 0 Å². The molecule has 1 aromatic carbocycles. The molecule has 106 valence electrons. The van der Waals surface area contributed by atoms with Gasteiger partial charge in [0.05, 0.1) is 12.8 Å². The number of anilines is 1. The number of nitrogens with zero attached hydrogens (tertiary/aromatic N) is 1. The Balaban J connectivity index is 2.02. The molecule has 0 aliphatic carbocycles.